The molecule has 2 heterocycles. The van der Waals surface area contributed by atoms with Gasteiger partial charge >= 0.3 is 0 Å². The van der Waals surface area contributed by atoms with Gasteiger partial charge in [0.2, 0.25) is 5.88 Å². The average Bonchev–Trinajstić information content (AvgIpc) is 3.26. The summed E-state index contributed by atoms with van der Waals surface area (Å²) in [6, 6.07) is 22.6. The zero-order valence-corrected chi connectivity index (χ0v) is 18.0. The molecule has 0 bridgehead atoms. The molecule has 1 aliphatic heterocycles. The highest BCUT2D eigenvalue weighted by Gasteiger charge is 2.34. The second kappa shape index (κ2) is 8.48. The lowest BCUT2D eigenvalue weighted by atomic mass is 10.1. The third-order valence-electron chi connectivity index (χ3n) is 5.50. The monoisotopic (exact) mass is 445 g/mol. The number of halogens is 1. The molecule has 5 rings (SSSR count). The van der Waals surface area contributed by atoms with Crippen LogP contribution in [0.25, 0.3) is 10.9 Å². The van der Waals surface area contributed by atoms with E-state index in [4.69, 9.17) is 16.3 Å². The van der Waals surface area contributed by atoms with Crippen molar-refractivity contribution in [1.82, 2.24) is 14.7 Å². The first-order valence-corrected chi connectivity index (χ1v) is 10.8. The molecular weight excluding hydrogens is 426 g/mol. The molecular formula is C25H20ClN3O3. The van der Waals surface area contributed by atoms with Crippen molar-refractivity contribution in [3.8, 4) is 5.88 Å². The van der Waals surface area contributed by atoms with Crippen molar-refractivity contribution < 1.29 is 14.3 Å². The van der Waals surface area contributed by atoms with E-state index in [0.29, 0.717) is 41.6 Å². The Hall–Kier alpha value is -3.64. The number of hydrogen-bond donors (Lipinski definition) is 0. The molecule has 0 aliphatic carbocycles. The predicted octanol–water partition coefficient (Wildman–Crippen LogP) is 4.80. The molecule has 0 spiro atoms. The van der Waals surface area contributed by atoms with Gasteiger partial charge in [0.05, 0.1) is 35.2 Å². The molecule has 32 heavy (non-hydrogen) atoms. The largest absolute Gasteiger partial charge is 0.476 e. The number of carbonyl (C=O) groups excluding carboxylic acids is 2. The number of ether oxygens (including phenoxy) is 1. The minimum atomic E-state index is -0.255. The van der Waals surface area contributed by atoms with Crippen LogP contribution in [0.3, 0.4) is 0 Å². The number of imide groups is 1. The zero-order chi connectivity index (χ0) is 22.1. The maximum absolute atomic E-state index is 12.5. The predicted molar refractivity (Wildman–Crippen MR) is 122 cm³/mol. The standard InChI is InChI=1S/C25H20ClN3O3/c26-18-11-12-22-21(15-18)23(27-29(22)16-17-7-2-1-3-8-17)32-14-6-13-28-24(30)19-9-4-5-10-20(19)25(28)31/h1-5,7-12,15H,6,13-14,16H2. The van der Waals surface area contributed by atoms with Crippen molar-refractivity contribution in [2.45, 2.75) is 13.0 Å². The molecule has 0 saturated carbocycles. The molecule has 160 valence electrons. The smallest absolute Gasteiger partial charge is 0.261 e. The summed E-state index contributed by atoms with van der Waals surface area (Å²) in [6.07, 6.45) is 0.499. The molecule has 6 nitrogen and oxygen atoms in total. The van der Waals surface area contributed by atoms with E-state index in [0.717, 1.165) is 16.5 Å². The van der Waals surface area contributed by atoms with Crippen LogP contribution in [-0.2, 0) is 6.54 Å². The van der Waals surface area contributed by atoms with Crippen molar-refractivity contribution in [1.29, 1.82) is 0 Å². The van der Waals surface area contributed by atoms with Crippen LogP contribution in [0.15, 0.2) is 72.8 Å². The van der Waals surface area contributed by atoms with E-state index in [1.165, 1.54) is 4.90 Å². The molecule has 2 amide bonds. The molecule has 0 fully saturated rings. The van der Waals surface area contributed by atoms with Gasteiger partial charge in [-0.25, -0.2) is 0 Å². The van der Waals surface area contributed by atoms with Gasteiger partial charge in [-0.15, -0.1) is 5.10 Å². The summed E-state index contributed by atoms with van der Waals surface area (Å²) < 4.78 is 7.85. The SMILES string of the molecule is O=C1c2ccccc2C(=O)N1CCCOc1nn(Cc2ccccc2)c2ccc(Cl)cc12. The molecule has 1 aliphatic rings. The fourth-order valence-electron chi connectivity index (χ4n) is 3.94. The van der Waals surface area contributed by atoms with E-state index in [2.05, 4.69) is 5.10 Å². The third-order valence-corrected chi connectivity index (χ3v) is 5.73. The molecule has 7 heteroatoms. The van der Waals surface area contributed by atoms with Gasteiger partial charge in [-0.1, -0.05) is 54.1 Å². The van der Waals surface area contributed by atoms with E-state index in [1.54, 1.807) is 24.3 Å². The molecule has 0 N–H and O–H groups in total. The Labute approximate surface area is 190 Å². The lowest BCUT2D eigenvalue weighted by Gasteiger charge is -2.13. The Kier molecular flexibility index (Phi) is 5.37. The van der Waals surface area contributed by atoms with Gasteiger partial charge in [0, 0.05) is 11.6 Å². The van der Waals surface area contributed by atoms with Crippen molar-refractivity contribution in [3.05, 3.63) is 94.5 Å². The zero-order valence-electron chi connectivity index (χ0n) is 17.2. The highest BCUT2D eigenvalue weighted by Crippen LogP contribution is 2.29. The van der Waals surface area contributed by atoms with E-state index in [-0.39, 0.29) is 18.4 Å². The van der Waals surface area contributed by atoms with Crippen molar-refractivity contribution in [3.63, 3.8) is 0 Å². The first-order valence-electron chi connectivity index (χ1n) is 10.4. The Morgan fingerprint density at radius 1 is 0.875 bits per heavy atom. The van der Waals surface area contributed by atoms with Gasteiger partial charge in [0.25, 0.3) is 11.8 Å². The molecule has 1 aromatic heterocycles. The van der Waals surface area contributed by atoms with Gasteiger partial charge in [-0.2, -0.15) is 0 Å². The minimum Gasteiger partial charge on any atom is -0.476 e. The molecule has 3 aromatic carbocycles. The number of fused-ring (bicyclic) bond motifs is 2. The number of nitrogens with zero attached hydrogens (tertiary/aromatic N) is 3. The van der Waals surface area contributed by atoms with Crippen molar-refractivity contribution in [2.75, 3.05) is 13.2 Å². The van der Waals surface area contributed by atoms with Gasteiger partial charge in [0.15, 0.2) is 0 Å². The third kappa shape index (κ3) is 3.74. The highest BCUT2D eigenvalue weighted by atomic mass is 35.5. The summed E-state index contributed by atoms with van der Waals surface area (Å²) in [4.78, 5) is 26.3. The van der Waals surface area contributed by atoms with Crippen LogP contribution in [0, 0.1) is 0 Å². The average molecular weight is 446 g/mol. The minimum absolute atomic E-state index is 0.255. The van der Waals surface area contributed by atoms with Crippen molar-refractivity contribution in [2.24, 2.45) is 0 Å². The summed E-state index contributed by atoms with van der Waals surface area (Å²) >= 11 is 6.21. The normalized spacial score (nSPS) is 13.1. The molecule has 0 radical (unpaired) electrons. The van der Waals surface area contributed by atoms with Gasteiger partial charge in [0.1, 0.15) is 0 Å². The fourth-order valence-corrected chi connectivity index (χ4v) is 4.11. The van der Waals surface area contributed by atoms with E-state index < -0.39 is 0 Å². The Balaban J connectivity index is 1.28. The fraction of sp³-hybridized carbons (Fsp3) is 0.160. The van der Waals surface area contributed by atoms with Gasteiger partial charge in [-0.3, -0.25) is 19.2 Å². The topological polar surface area (TPSA) is 64.4 Å². The molecule has 0 saturated heterocycles. The van der Waals surface area contributed by atoms with Crippen LogP contribution in [0.2, 0.25) is 5.02 Å². The van der Waals surface area contributed by atoms with Gasteiger partial charge in [-0.05, 0) is 42.3 Å². The van der Waals surface area contributed by atoms with Crippen LogP contribution in [0.1, 0.15) is 32.7 Å². The first kappa shape index (κ1) is 20.3. The number of aromatic nitrogens is 2. The summed E-state index contributed by atoms with van der Waals surface area (Å²) in [7, 11) is 0. The number of amides is 2. The first-order chi connectivity index (χ1) is 15.6. The van der Waals surface area contributed by atoms with Crippen LogP contribution >= 0.6 is 11.6 Å². The second-order valence-electron chi connectivity index (χ2n) is 7.62. The van der Waals surface area contributed by atoms with E-state index >= 15 is 0 Å². The number of benzene rings is 3. The van der Waals surface area contributed by atoms with Crippen LogP contribution in [0.4, 0.5) is 0 Å². The Morgan fingerprint density at radius 3 is 2.28 bits per heavy atom. The molecule has 0 unspecified atom stereocenters. The lowest BCUT2D eigenvalue weighted by molar-refractivity contribution is 0.0646. The number of rotatable bonds is 7. The molecule has 4 aromatic rings. The van der Waals surface area contributed by atoms with E-state index in [1.807, 2.05) is 53.2 Å². The van der Waals surface area contributed by atoms with Gasteiger partial charge < -0.3 is 4.74 Å². The maximum Gasteiger partial charge on any atom is 0.261 e. The Bertz CT molecular complexity index is 1280. The lowest BCUT2D eigenvalue weighted by Crippen LogP contribution is -2.31. The number of carbonyl (C=O) groups is 2. The maximum atomic E-state index is 12.5. The summed E-state index contributed by atoms with van der Waals surface area (Å²) in [5.74, 6) is -0.0225. The highest BCUT2D eigenvalue weighted by molar-refractivity contribution is 6.31. The van der Waals surface area contributed by atoms with Crippen LogP contribution in [-0.4, -0.2) is 39.6 Å². The summed E-state index contributed by atoms with van der Waals surface area (Å²) in [6.45, 7) is 1.21. The van der Waals surface area contributed by atoms with Crippen LogP contribution in [0.5, 0.6) is 5.88 Å². The van der Waals surface area contributed by atoms with E-state index in [9.17, 15) is 9.59 Å². The Morgan fingerprint density at radius 2 is 1.56 bits per heavy atom. The quantitative estimate of drug-likeness (QED) is 0.302. The molecule has 0 atom stereocenters. The van der Waals surface area contributed by atoms with Crippen LogP contribution < -0.4 is 4.74 Å². The van der Waals surface area contributed by atoms with Crippen molar-refractivity contribution >= 4 is 34.3 Å². The summed E-state index contributed by atoms with van der Waals surface area (Å²) in [5, 5.41) is 6.08. The summed E-state index contributed by atoms with van der Waals surface area (Å²) in [5.41, 5.74) is 2.97. The number of hydrogen-bond acceptors (Lipinski definition) is 4. The second-order valence-corrected chi connectivity index (χ2v) is 8.06.